The van der Waals surface area contributed by atoms with Crippen molar-refractivity contribution in [3.8, 4) is 5.88 Å². The molecule has 0 atom stereocenters. The van der Waals surface area contributed by atoms with E-state index >= 15 is 0 Å². The van der Waals surface area contributed by atoms with Gasteiger partial charge in [0.2, 0.25) is 5.88 Å². The number of aromatic hydroxyl groups is 1. The van der Waals surface area contributed by atoms with E-state index in [4.69, 9.17) is 0 Å². The standard InChI is InChI=1S/C11H10N4O4/c1-5-2-3-6(4-12-5)13-8(16)7-9(17)14-11(19)15-10(7)18/h2-4,12H,1H2,(H,13,16)(H3,14,15,17,18,19). The third-order valence-corrected chi connectivity index (χ3v) is 2.28. The molecule has 19 heavy (non-hydrogen) atoms. The topological polar surface area (TPSA) is 127 Å². The van der Waals surface area contributed by atoms with Crippen LogP contribution in [0, 0.1) is 0 Å². The monoisotopic (exact) mass is 262 g/mol. The van der Waals surface area contributed by atoms with Crippen LogP contribution < -0.4 is 21.9 Å². The molecule has 98 valence electrons. The van der Waals surface area contributed by atoms with Crippen LogP contribution in [0.1, 0.15) is 10.4 Å². The lowest BCUT2D eigenvalue weighted by molar-refractivity contribution is 0.0961. The van der Waals surface area contributed by atoms with Crippen LogP contribution in [-0.4, -0.2) is 21.0 Å². The number of allylic oxidation sites excluding steroid dienone is 2. The molecular formula is C11H10N4O4. The summed E-state index contributed by atoms with van der Waals surface area (Å²) in [4.78, 5) is 37.9. The second kappa shape index (κ2) is 4.69. The van der Waals surface area contributed by atoms with Gasteiger partial charge in [0.15, 0.2) is 5.56 Å². The van der Waals surface area contributed by atoms with Crippen LogP contribution in [0.25, 0.3) is 0 Å². The third-order valence-electron chi connectivity index (χ3n) is 2.28. The summed E-state index contributed by atoms with van der Waals surface area (Å²) in [6.07, 6.45) is 4.65. The van der Waals surface area contributed by atoms with Gasteiger partial charge in [0, 0.05) is 11.9 Å². The molecule has 0 spiro atoms. The van der Waals surface area contributed by atoms with Gasteiger partial charge in [0.05, 0.1) is 5.70 Å². The Morgan fingerprint density at radius 3 is 2.58 bits per heavy atom. The number of amides is 1. The molecule has 1 aliphatic heterocycles. The van der Waals surface area contributed by atoms with Crippen LogP contribution in [0.2, 0.25) is 0 Å². The van der Waals surface area contributed by atoms with E-state index in [2.05, 4.69) is 17.2 Å². The van der Waals surface area contributed by atoms with Gasteiger partial charge < -0.3 is 15.7 Å². The first-order valence-corrected chi connectivity index (χ1v) is 5.18. The van der Waals surface area contributed by atoms with Crippen molar-refractivity contribution in [2.75, 3.05) is 0 Å². The van der Waals surface area contributed by atoms with E-state index in [1.165, 1.54) is 6.20 Å². The highest BCUT2D eigenvalue weighted by molar-refractivity contribution is 5.97. The predicted octanol–water partition coefficient (Wildman–Crippen LogP) is -0.987. The average Bonchev–Trinajstić information content (AvgIpc) is 2.30. The van der Waals surface area contributed by atoms with Gasteiger partial charge in [-0.2, -0.15) is 0 Å². The molecule has 1 aromatic rings. The maximum atomic E-state index is 11.8. The van der Waals surface area contributed by atoms with E-state index in [0.29, 0.717) is 11.4 Å². The van der Waals surface area contributed by atoms with Crippen LogP contribution in [0.4, 0.5) is 0 Å². The molecule has 0 aliphatic carbocycles. The Labute approximate surface area is 106 Å². The molecule has 0 bridgehead atoms. The van der Waals surface area contributed by atoms with Gasteiger partial charge >= 0.3 is 5.69 Å². The molecule has 2 heterocycles. The molecule has 0 fully saturated rings. The zero-order valence-corrected chi connectivity index (χ0v) is 9.61. The van der Waals surface area contributed by atoms with Crippen molar-refractivity contribution in [2.45, 2.75) is 0 Å². The van der Waals surface area contributed by atoms with Gasteiger partial charge in [-0.3, -0.25) is 19.6 Å². The van der Waals surface area contributed by atoms with Crippen LogP contribution in [-0.2, 0) is 0 Å². The first kappa shape index (κ1) is 12.4. The molecule has 8 heteroatoms. The second-order valence-electron chi connectivity index (χ2n) is 3.69. The molecule has 0 radical (unpaired) electrons. The van der Waals surface area contributed by atoms with Crippen LogP contribution in [0.5, 0.6) is 5.88 Å². The summed E-state index contributed by atoms with van der Waals surface area (Å²) in [5, 5.41) is 14.6. The summed E-state index contributed by atoms with van der Waals surface area (Å²) in [6, 6.07) is 0. The summed E-state index contributed by atoms with van der Waals surface area (Å²) in [6.45, 7) is 3.63. The van der Waals surface area contributed by atoms with Gasteiger partial charge in [0.25, 0.3) is 11.5 Å². The molecule has 1 aliphatic rings. The van der Waals surface area contributed by atoms with Crippen molar-refractivity contribution in [3.63, 3.8) is 0 Å². The number of hydrogen-bond donors (Lipinski definition) is 5. The van der Waals surface area contributed by atoms with E-state index in [9.17, 15) is 19.5 Å². The molecule has 0 aromatic carbocycles. The number of carbonyl (C=O) groups is 1. The smallest absolute Gasteiger partial charge is 0.328 e. The summed E-state index contributed by atoms with van der Waals surface area (Å²) in [5.41, 5.74) is -1.42. The normalized spacial score (nSPS) is 13.7. The molecule has 8 nitrogen and oxygen atoms in total. The SMILES string of the molecule is C=C1C=CC(NC(=O)c2c(O)[nH]c(=O)[nH]c2=O)=CN1. The Kier molecular flexibility index (Phi) is 3.06. The molecule has 0 saturated heterocycles. The Morgan fingerprint density at radius 2 is 2.00 bits per heavy atom. The second-order valence-corrected chi connectivity index (χ2v) is 3.69. The van der Waals surface area contributed by atoms with Gasteiger partial charge in [-0.15, -0.1) is 0 Å². The van der Waals surface area contributed by atoms with E-state index < -0.39 is 28.6 Å². The summed E-state index contributed by atoms with van der Waals surface area (Å²) >= 11 is 0. The zero-order valence-electron chi connectivity index (χ0n) is 9.61. The number of aromatic amines is 2. The van der Waals surface area contributed by atoms with Gasteiger partial charge in [-0.25, -0.2) is 4.79 Å². The average molecular weight is 262 g/mol. The fourth-order valence-electron chi connectivity index (χ4n) is 1.41. The summed E-state index contributed by atoms with van der Waals surface area (Å²) < 4.78 is 0. The fourth-order valence-corrected chi connectivity index (χ4v) is 1.41. The maximum Gasteiger partial charge on any atom is 0.328 e. The Bertz CT molecular complexity index is 723. The number of hydrogen-bond acceptors (Lipinski definition) is 5. The number of aromatic nitrogens is 2. The van der Waals surface area contributed by atoms with E-state index in [0.717, 1.165) is 0 Å². The van der Waals surface area contributed by atoms with Crippen molar-refractivity contribution in [1.82, 2.24) is 20.6 Å². The molecule has 0 saturated carbocycles. The Balaban J connectivity index is 2.27. The lowest BCUT2D eigenvalue weighted by atomic mass is 10.2. The number of rotatable bonds is 2. The zero-order chi connectivity index (χ0) is 14.0. The van der Waals surface area contributed by atoms with Crippen molar-refractivity contribution in [3.05, 3.63) is 62.7 Å². The molecule has 0 unspecified atom stereocenters. The lowest BCUT2D eigenvalue weighted by Crippen LogP contribution is -2.33. The predicted molar refractivity (Wildman–Crippen MR) is 66.3 cm³/mol. The highest BCUT2D eigenvalue weighted by Crippen LogP contribution is 2.07. The first-order chi connectivity index (χ1) is 8.97. The largest absolute Gasteiger partial charge is 0.494 e. The highest BCUT2D eigenvalue weighted by Gasteiger charge is 2.18. The minimum atomic E-state index is -0.975. The number of dihydropyridines is 1. The Hall–Kier alpha value is -3.03. The first-order valence-electron chi connectivity index (χ1n) is 5.18. The van der Waals surface area contributed by atoms with Crippen LogP contribution >= 0.6 is 0 Å². The van der Waals surface area contributed by atoms with Gasteiger partial charge in [-0.05, 0) is 12.2 Å². The summed E-state index contributed by atoms with van der Waals surface area (Å²) in [5.74, 6) is -1.63. The summed E-state index contributed by atoms with van der Waals surface area (Å²) in [7, 11) is 0. The highest BCUT2D eigenvalue weighted by atomic mass is 16.3. The Morgan fingerprint density at radius 1 is 1.26 bits per heavy atom. The third kappa shape index (κ3) is 2.63. The molecular weight excluding hydrogens is 252 g/mol. The minimum Gasteiger partial charge on any atom is -0.494 e. The van der Waals surface area contributed by atoms with Crippen molar-refractivity contribution >= 4 is 5.91 Å². The molecule has 2 rings (SSSR count). The minimum absolute atomic E-state index is 0.377. The molecule has 1 aromatic heterocycles. The maximum absolute atomic E-state index is 11.8. The van der Waals surface area contributed by atoms with E-state index in [1.807, 2.05) is 9.97 Å². The molecule has 5 N–H and O–H groups in total. The van der Waals surface area contributed by atoms with Crippen LogP contribution in [0.15, 0.2) is 45.9 Å². The van der Waals surface area contributed by atoms with Gasteiger partial charge in [-0.1, -0.05) is 6.58 Å². The van der Waals surface area contributed by atoms with E-state index in [-0.39, 0.29) is 0 Å². The quantitative estimate of drug-likeness (QED) is 0.468. The number of H-pyrrole nitrogens is 2. The van der Waals surface area contributed by atoms with Crippen molar-refractivity contribution in [1.29, 1.82) is 0 Å². The number of nitrogens with one attached hydrogen (secondary N) is 4. The van der Waals surface area contributed by atoms with E-state index in [1.54, 1.807) is 12.2 Å². The van der Waals surface area contributed by atoms with Crippen molar-refractivity contribution < 1.29 is 9.90 Å². The molecule has 1 amide bonds. The van der Waals surface area contributed by atoms with Gasteiger partial charge in [0.1, 0.15) is 0 Å². The van der Waals surface area contributed by atoms with Crippen LogP contribution in [0.3, 0.4) is 0 Å². The fraction of sp³-hybridized carbons (Fsp3) is 0. The number of carbonyl (C=O) groups excluding carboxylic acids is 1. The van der Waals surface area contributed by atoms with Crippen molar-refractivity contribution in [2.24, 2.45) is 0 Å². The lowest BCUT2D eigenvalue weighted by Gasteiger charge is -2.11.